The van der Waals surface area contributed by atoms with Gasteiger partial charge in [0.2, 0.25) is 5.88 Å². The first-order valence-corrected chi connectivity index (χ1v) is 20.6. The summed E-state index contributed by atoms with van der Waals surface area (Å²) in [7, 11) is 0. The lowest BCUT2D eigenvalue weighted by Crippen LogP contribution is -2.02. The number of fused-ring (bicyclic) bond motifs is 8. The standard InChI is InChI=1S/C52H32N8O4/c53-46-19-17-41(59(46)34-10-5-2-6-11-34)39-14-16-42-50(56-39)51-43(58(42)33-8-3-1-4-9-33)18-20-47(57-51)64-49-29-32-27-44-31(26-45(32)63-49)28-48(62-44)61-36-13-15-40-38(30-36)37-12-7-23-55-52(37)60(40)35-21-24-54-25-22-35/h1-30H,53H2. The van der Waals surface area contributed by atoms with Crippen LogP contribution in [0.25, 0.3) is 94.4 Å². The monoisotopic (exact) mass is 832 g/mol. The van der Waals surface area contributed by atoms with Crippen LogP contribution in [0.15, 0.2) is 191 Å². The summed E-state index contributed by atoms with van der Waals surface area (Å²) in [5.41, 5.74) is 17.4. The average molecular weight is 833 g/mol. The van der Waals surface area contributed by atoms with Gasteiger partial charge in [0.05, 0.1) is 33.6 Å². The maximum absolute atomic E-state index is 6.50. The molecule has 9 heterocycles. The zero-order valence-electron chi connectivity index (χ0n) is 33.7. The second-order valence-corrected chi connectivity index (χ2v) is 15.4. The van der Waals surface area contributed by atoms with Crippen LogP contribution >= 0.6 is 0 Å². The quantitative estimate of drug-likeness (QED) is 0.159. The van der Waals surface area contributed by atoms with E-state index in [1.165, 1.54) is 0 Å². The number of benzene rings is 4. The van der Waals surface area contributed by atoms with Gasteiger partial charge in [-0.3, -0.25) is 14.1 Å². The molecule has 13 aromatic rings. The molecule has 0 saturated heterocycles. The Morgan fingerprint density at radius 2 is 1.14 bits per heavy atom. The number of hydrogen-bond donors (Lipinski definition) is 1. The maximum atomic E-state index is 6.50. The van der Waals surface area contributed by atoms with Crippen LogP contribution in [0, 0.1) is 0 Å². The Hall–Kier alpha value is -9.16. The van der Waals surface area contributed by atoms with Crippen LogP contribution in [0.3, 0.4) is 0 Å². The van der Waals surface area contributed by atoms with E-state index in [9.17, 15) is 0 Å². The molecule has 0 aliphatic heterocycles. The zero-order valence-corrected chi connectivity index (χ0v) is 33.7. The third-order valence-electron chi connectivity index (χ3n) is 11.6. The van der Waals surface area contributed by atoms with Gasteiger partial charge in [-0.15, -0.1) is 0 Å². The summed E-state index contributed by atoms with van der Waals surface area (Å²) in [6, 6.07) is 53.5. The highest BCUT2D eigenvalue weighted by Crippen LogP contribution is 2.40. The minimum atomic E-state index is 0.288. The Balaban J connectivity index is 0.828. The molecule has 304 valence electrons. The number of hydrogen-bond acceptors (Lipinski definition) is 9. The van der Waals surface area contributed by atoms with E-state index in [-0.39, 0.29) is 5.95 Å². The number of ether oxygens (including phenoxy) is 2. The van der Waals surface area contributed by atoms with Gasteiger partial charge in [0.1, 0.15) is 39.4 Å². The molecule has 0 aliphatic rings. The van der Waals surface area contributed by atoms with Crippen LogP contribution in [0.4, 0.5) is 5.82 Å². The summed E-state index contributed by atoms with van der Waals surface area (Å²) in [6.45, 7) is 0. The normalized spacial score (nSPS) is 11.8. The molecule has 0 unspecified atom stereocenters. The Bertz CT molecular complexity index is 3870. The van der Waals surface area contributed by atoms with Gasteiger partial charge in [0.25, 0.3) is 11.9 Å². The van der Waals surface area contributed by atoms with Crippen molar-refractivity contribution in [1.29, 1.82) is 0 Å². The minimum absolute atomic E-state index is 0.288. The third kappa shape index (κ3) is 5.70. The number of anilines is 1. The molecule has 0 fully saturated rings. The van der Waals surface area contributed by atoms with Crippen LogP contribution < -0.4 is 15.2 Å². The summed E-state index contributed by atoms with van der Waals surface area (Å²) < 4.78 is 31.4. The summed E-state index contributed by atoms with van der Waals surface area (Å²) in [5.74, 6) is 2.26. The summed E-state index contributed by atoms with van der Waals surface area (Å²) in [4.78, 5) is 19.2. The van der Waals surface area contributed by atoms with Gasteiger partial charge >= 0.3 is 0 Å². The van der Waals surface area contributed by atoms with E-state index in [0.717, 1.165) is 77.7 Å². The number of furan rings is 2. The highest BCUT2D eigenvalue weighted by atomic mass is 16.6. The molecular formula is C52H32N8O4. The van der Waals surface area contributed by atoms with Crippen molar-refractivity contribution >= 4 is 71.8 Å². The fourth-order valence-electron chi connectivity index (χ4n) is 8.78. The second-order valence-electron chi connectivity index (χ2n) is 15.4. The van der Waals surface area contributed by atoms with Gasteiger partial charge in [-0.05, 0) is 109 Å². The predicted octanol–water partition coefficient (Wildman–Crippen LogP) is 12.6. The van der Waals surface area contributed by atoms with E-state index in [1.807, 2.05) is 144 Å². The molecule has 12 nitrogen and oxygen atoms in total. The average Bonchev–Trinajstić information content (AvgIpc) is 4.16. The topological polar surface area (TPSA) is 137 Å². The molecule has 64 heavy (non-hydrogen) atoms. The number of aromatic nitrogens is 7. The molecule has 13 rings (SSSR count). The highest BCUT2D eigenvalue weighted by Gasteiger charge is 2.21. The van der Waals surface area contributed by atoms with E-state index in [1.54, 1.807) is 18.6 Å². The Morgan fingerprint density at radius 1 is 0.484 bits per heavy atom. The highest BCUT2D eigenvalue weighted by molar-refractivity contribution is 6.08. The van der Waals surface area contributed by atoms with Crippen LogP contribution in [0.2, 0.25) is 0 Å². The van der Waals surface area contributed by atoms with Gasteiger partial charge < -0.3 is 28.6 Å². The van der Waals surface area contributed by atoms with Crippen LogP contribution in [0.5, 0.6) is 23.5 Å². The van der Waals surface area contributed by atoms with Gasteiger partial charge in [-0.2, -0.15) is 0 Å². The minimum Gasteiger partial charge on any atom is -0.426 e. The maximum Gasteiger partial charge on any atom is 0.292 e. The van der Waals surface area contributed by atoms with Gasteiger partial charge in [0, 0.05) is 69.7 Å². The third-order valence-corrected chi connectivity index (χ3v) is 11.6. The van der Waals surface area contributed by atoms with E-state index in [0.29, 0.717) is 40.1 Å². The summed E-state index contributed by atoms with van der Waals surface area (Å²) in [5, 5.41) is 3.64. The van der Waals surface area contributed by atoms with Gasteiger partial charge in [-0.25, -0.2) is 15.0 Å². The van der Waals surface area contributed by atoms with Gasteiger partial charge in [0.15, 0.2) is 0 Å². The van der Waals surface area contributed by atoms with E-state index >= 15 is 0 Å². The number of rotatable bonds is 8. The summed E-state index contributed by atoms with van der Waals surface area (Å²) >= 11 is 0. The lowest BCUT2D eigenvalue weighted by atomic mass is 10.2. The molecule has 0 atom stereocenters. The number of nitrogen functional groups attached to an aromatic ring is 1. The Morgan fingerprint density at radius 3 is 1.89 bits per heavy atom. The van der Waals surface area contributed by atoms with Gasteiger partial charge in [-0.1, -0.05) is 36.4 Å². The van der Waals surface area contributed by atoms with Crippen molar-refractivity contribution < 1.29 is 18.3 Å². The molecule has 2 N–H and O–H groups in total. The SMILES string of the molecule is Nc1ccc(-c2ccc3c(n2)c2nc(Oc4cc5cc6oc(Oc7ccc8c(c7)c7cccnc7n8-c7ccncc7)cc6cc5o4)ccc2n3-c2ccccc2)n1-c1ccccc1. The molecule has 0 bridgehead atoms. The fourth-order valence-corrected chi connectivity index (χ4v) is 8.78. The molecule has 0 radical (unpaired) electrons. The molecule has 0 amide bonds. The van der Waals surface area contributed by atoms with E-state index in [4.69, 9.17) is 39.0 Å². The zero-order chi connectivity index (χ0) is 42.3. The summed E-state index contributed by atoms with van der Waals surface area (Å²) in [6.07, 6.45) is 5.36. The number of nitrogens with zero attached hydrogens (tertiary/aromatic N) is 7. The first-order valence-electron chi connectivity index (χ1n) is 20.6. The molecule has 0 spiro atoms. The van der Waals surface area contributed by atoms with Crippen LogP contribution in [-0.2, 0) is 0 Å². The molecule has 9 aromatic heterocycles. The molecule has 0 aliphatic carbocycles. The van der Waals surface area contributed by atoms with Crippen molar-refractivity contribution in [2.45, 2.75) is 0 Å². The van der Waals surface area contributed by atoms with Crippen molar-refractivity contribution in [2.24, 2.45) is 0 Å². The van der Waals surface area contributed by atoms with Crippen molar-refractivity contribution in [3.8, 4) is 52.0 Å². The molecule has 0 saturated carbocycles. The lowest BCUT2D eigenvalue weighted by molar-refractivity contribution is 0.351. The first-order chi connectivity index (χ1) is 31.6. The number of para-hydroxylation sites is 2. The molecule has 4 aromatic carbocycles. The number of nitrogens with two attached hydrogens (primary N) is 1. The Labute approximate surface area is 362 Å². The number of pyridine rings is 4. The molecule has 12 heteroatoms. The van der Waals surface area contributed by atoms with E-state index in [2.05, 4.69) is 38.4 Å². The largest absolute Gasteiger partial charge is 0.426 e. The van der Waals surface area contributed by atoms with E-state index < -0.39 is 0 Å². The van der Waals surface area contributed by atoms with Crippen molar-refractivity contribution in [3.63, 3.8) is 0 Å². The first kappa shape index (κ1) is 35.6. The fraction of sp³-hybridized carbons (Fsp3) is 0. The van der Waals surface area contributed by atoms with Crippen LogP contribution in [0.1, 0.15) is 0 Å². The van der Waals surface area contributed by atoms with Crippen LogP contribution in [-0.4, -0.2) is 33.6 Å². The Kier molecular flexibility index (Phi) is 7.75. The van der Waals surface area contributed by atoms with Crippen molar-refractivity contribution in [2.75, 3.05) is 5.73 Å². The second kappa shape index (κ2) is 13.9. The lowest BCUT2D eigenvalue weighted by Gasteiger charge is -2.11. The van der Waals surface area contributed by atoms with Crippen molar-refractivity contribution in [1.82, 2.24) is 33.6 Å². The smallest absolute Gasteiger partial charge is 0.292 e. The van der Waals surface area contributed by atoms with Crippen molar-refractivity contribution in [3.05, 3.63) is 182 Å². The predicted molar refractivity (Wildman–Crippen MR) is 248 cm³/mol. The molecular weight excluding hydrogens is 801 g/mol.